The van der Waals surface area contributed by atoms with Gasteiger partial charge < -0.3 is 14.9 Å². The van der Waals surface area contributed by atoms with Gasteiger partial charge in [0.1, 0.15) is 5.78 Å². The SMILES string of the molecule is C[C@]12CCC(=O)CC1CC[C@@H]1[C@H]2C(OCCCCCCCCCC(=O)O)C[C@]2(C)C(O)CC[C@@H]12. The number of ketones is 1. The molecule has 4 saturated carbocycles. The van der Waals surface area contributed by atoms with Crippen molar-refractivity contribution in [3.05, 3.63) is 0 Å². The van der Waals surface area contributed by atoms with Crippen molar-refractivity contribution in [2.24, 2.45) is 34.5 Å². The predicted molar refractivity (Wildman–Crippen MR) is 132 cm³/mol. The second kappa shape index (κ2) is 11.0. The van der Waals surface area contributed by atoms with Crippen molar-refractivity contribution in [3.63, 3.8) is 0 Å². The lowest BCUT2D eigenvalue weighted by Crippen LogP contribution is -2.60. The van der Waals surface area contributed by atoms with Crippen LogP contribution in [0.5, 0.6) is 0 Å². The topological polar surface area (TPSA) is 83.8 Å². The molecular weight excluding hydrogens is 428 g/mol. The van der Waals surface area contributed by atoms with Crippen LogP contribution in [0.4, 0.5) is 0 Å². The average molecular weight is 477 g/mol. The van der Waals surface area contributed by atoms with Crippen molar-refractivity contribution in [1.82, 2.24) is 0 Å². The highest BCUT2D eigenvalue weighted by Crippen LogP contribution is 2.66. The molecule has 4 fully saturated rings. The summed E-state index contributed by atoms with van der Waals surface area (Å²) in [5.74, 6) is 2.03. The van der Waals surface area contributed by atoms with Crippen molar-refractivity contribution in [2.75, 3.05) is 6.61 Å². The van der Waals surface area contributed by atoms with E-state index in [9.17, 15) is 14.7 Å². The number of Topliss-reactive ketones (excluding diaryl/α,β-unsaturated/α-hetero) is 1. The first kappa shape index (κ1) is 26.1. The zero-order valence-electron chi connectivity index (χ0n) is 21.6. The Labute approximate surface area is 206 Å². The summed E-state index contributed by atoms with van der Waals surface area (Å²) in [6.45, 7) is 5.59. The molecule has 194 valence electrons. The normalized spacial score (nSPS) is 41.6. The third-order valence-electron chi connectivity index (χ3n) is 10.7. The van der Waals surface area contributed by atoms with Crippen LogP contribution >= 0.6 is 0 Å². The van der Waals surface area contributed by atoms with E-state index >= 15 is 0 Å². The van der Waals surface area contributed by atoms with E-state index in [1.165, 1.54) is 25.7 Å². The van der Waals surface area contributed by atoms with E-state index in [1.807, 2.05) is 0 Å². The second-order valence-corrected chi connectivity index (χ2v) is 12.6. The van der Waals surface area contributed by atoms with Crippen molar-refractivity contribution in [3.8, 4) is 0 Å². The van der Waals surface area contributed by atoms with Gasteiger partial charge in [0, 0.05) is 25.9 Å². The van der Waals surface area contributed by atoms with E-state index in [2.05, 4.69) is 13.8 Å². The van der Waals surface area contributed by atoms with Gasteiger partial charge in [-0.1, -0.05) is 46.0 Å². The van der Waals surface area contributed by atoms with E-state index in [4.69, 9.17) is 9.84 Å². The first-order valence-corrected chi connectivity index (χ1v) is 14.3. The van der Waals surface area contributed by atoms with Crippen LogP contribution in [0.3, 0.4) is 0 Å². The van der Waals surface area contributed by atoms with Crippen LogP contribution in [0, 0.1) is 34.5 Å². The van der Waals surface area contributed by atoms with Crippen molar-refractivity contribution in [2.45, 2.75) is 129 Å². The third kappa shape index (κ3) is 5.26. The fourth-order valence-corrected chi connectivity index (χ4v) is 8.76. The van der Waals surface area contributed by atoms with Crippen LogP contribution in [-0.2, 0) is 14.3 Å². The first-order chi connectivity index (χ1) is 16.3. The molecule has 0 aromatic rings. The van der Waals surface area contributed by atoms with Gasteiger partial charge in [-0.05, 0) is 85.9 Å². The van der Waals surface area contributed by atoms with E-state index in [0.717, 1.165) is 77.2 Å². The number of aliphatic hydroxyl groups excluding tert-OH is 1. The fourth-order valence-electron chi connectivity index (χ4n) is 8.76. The fraction of sp³-hybridized carbons (Fsp3) is 0.931. The van der Waals surface area contributed by atoms with Crippen molar-refractivity contribution < 1.29 is 24.5 Å². The molecular formula is C29H48O5. The Hall–Kier alpha value is -0.940. The minimum atomic E-state index is -0.689. The number of fused-ring (bicyclic) bond motifs is 5. The maximum absolute atomic E-state index is 12.3. The molecule has 0 bridgehead atoms. The number of aliphatic carboxylic acids is 1. The van der Waals surface area contributed by atoms with Gasteiger partial charge in [-0.2, -0.15) is 0 Å². The Morgan fingerprint density at radius 3 is 2.41 bits per heavy atom. The zero-order chi connectivity index (χ0) is 24.3. The standard InChI is InChI=1S/C29H48O5/c1-28-16-15-21(30)18-20(28)11-12-22-23-13-14-25(31)29(23,2)19-24(27(22)28)34-17-9-7-5-3-4-6-8-10-26(32)33/h20,22-25,27,31H,3-19H2,1-2H3,(H,32,33)/t20?,22-,23-,24?,25?,27-,28-,29-/m0/s1. The number of ether oxygens (including phenoxy) is 1. The van der Waals surface area contributed by atoms with Gasteiger partial charge in [0.05, 0.1) is 12.2 Å². The summed E-state index contributed by atoms with van der Waals surface area (Å²) in [5.41, 5.74) is 0.182. The zero-order valence-corrected chi connectivity index (χ0v) is 21.6. The Balaban J connectivity index is 1.32. The average Bonchev–Trinajstić information content (AvgIpc) is 3.09. The molecule has 4 rings (SSSR count). The lowest BCUT2D eigenvalue weighted by molar-refractivity contribution is -0.192. The molecule has 4 aliphatic carbocycles. The van der Waals surface area contributed by atoms with E-state index < -0.39 is 5.97 Å². The molecule has 4 aliphatic rings. The summed E-state index contributed by atoms with van der Waals surface area (Å²) < 4.78 is 6.73. The van der Waals surface area contributed by atoms with Crippen LogP contribution in [0.25, 0.3) is 0 Å². The molecule has 0 saturated heterocycles. The van der Waals surface area contributed by atoms with Crippen LogP contribution in [0.2, 0.25) is 0 Å². The summed E-state index contributed by atoms with van der Waals surface area (Å²) in [6, 6.07) is 0. The van der Waals surface area contributed by atoms with Crippen LogP contribution in [0.1, 0.15) is 117 Å². The number of carbonyl (C=O) groups excluding carboxylic acids is 1. The number of carbonyl (C=O) groups is 2. The minimum absolute atomic E-state index is 0.0184. The Morgan fingerprint density at radius 2 is 1.68 bits per heavy atom. The van der Waals surface area contributed by atoms with Gasteiger partial charge in [0.2, 0.25) is 0 Å². The van der Waals surface area contributed by atoms with Crippen molar-refractivity contribution >= 4 is 11.8 Å². The maximum Gasteiger partial charge on any atom is 0.303 e. The van der Waals surface area contributed by atoms with E-state index in [-0.39, 0.29) is 23.0 Å². The van der Waals surface area contributed by atoms with Gasteiger partial charge in [0.15, 0.2) is 0 Å². The molecule has 0 heterocycles. The minimum Gasteiger partial charge on any atom is -0.481 e. The molecule has 3 unspecified atom stereocenters. The number of hydrogen-bond donors (Lipinski definition) is 2. The largest absolute Gasteiger partial charge is 0.481 e. The quantitative estimate of drug-likeness (QED) is 0.349. The molecule has 0 aromatic heterocycles. The molecule has 0 radical (unpaired) electrons. The van der Waals surface area contributed by atoms with Crippen LogP contribution < -0.4 is 0 Å². The van der Waals surface area contributed by atoms with Crippen LogP contribution in [0.15, 0.2) is 0 Å². The summed E-state index contributed by atoms with van der Waals surface area (Å²) in [5, 5.41) is 19.7. The molecule has 8 atom stereocenters. The van der Waals surface area contributed by atoms with E-state index in [1.54, 1.807) is 0 Å². The van der Waals surface area contributed by atoms with Gasteiger partial charge in [-0.15, -0.1) is 0 Å². The summed E-state index contributed by atoms with van der Waals surface area (Å²) in [7, 11) is 0. The van der Waals surface area contributed by atoms with Gasteiger partial charge in [-0.25, -0.2) is 0 Å². The predicted octanol–water partition coefficient (Wildman–Crippen LogP) is 6.16. The lowest BCUT2D eigenvalue weighted by atomic mass is 9.44. The first-order valence-electron chi connectivity index (χ1n) is 14.3. The molecule has 0 aromatic carbocycles. The highest BCUT2D eigenvalue weighted by molar-refractivity contribution is 5.79. The maximum atomic E-state index is 12.3. The van der Waals surface area contributed by atoms with Gasteiger partial charge in [-0.3, -0.25) is 9.59 Å². The second-order valence-electron chi connectivity index (χ2n) is 12.6. The lowest BCUT2D eigenvalue weighted by Gasteiger charge is -2.62. The Kier molecular flexibility index (Phi) is 8.44. The number of unbranched alkanes of at least 4 members (excludes halogenated alkanes) is 6. The smallest absolute Gasteiger partial charge is 0.303 e. The monoisotopic (exact) mass is 476 g/mol. The Morgan fingerprint density at radius 1 is 0.971 bits per heavy atom. The van der Waals surface area contributed by atoms with Crippen LogP contribution in [-0.4, -0.2) is 40.8 Å². The van der Waals surface area contributed by atoms with Gasteiger partial charge in [0.25, 0.3) is 0 Å². The molecule has 2 N–H and O–H groups in total. The number of rotatable bonds is 11. The summed E-state index contributed by atoms with van der Waals surface area (Å²) >= 11 is 0. The molecule has 5 nitrogen and oxygen atoms in total. The number of hydrogen-bond acceptors (Lipinski definition) is 4. The van der Waals surface area contributed by atoms with E-state index in [0.29, 0.717) is 35.9 Å². The summed E-state index contributed by atoms with van der Waals surface area (Å²) in [6.07, 6.45) is 15.8. The molecule has 0 spiro atoms. The number of aliphatic hydroxyl groups is 1. The Bertz CT molecular complexity index is 721. The van der Waals surface area contributed by atoms with Crippen molar-refractivity contribution in [1.29, 1.82) is 0 Å². The highest BCUT2D eigenvalue weighted by atomic mass is 16.5. The molecule has 0 aliphatic heterocycles. The molecule has 5 heteroatoms. The highest BCUT2D eigenvalue weighted by Gasteiger charge is 2.63. The van der Waals surface area contributed by atoms with Gasteiger partial charge >= 0.3 is 5.97 Å². The molecule has 0 amide bonds. The number of carboxylic acids is 1. The third-order valence-corrected chi connectivity index (χ3v) is 10.7. The molecule has 34 heavy (non-hydrogen) atoms. The number of carboxylic acid groups (broad SMARTS) is 1. The summed E-state index contributed by atoms with van der Waals surface area (Å²) in [4.78, 5) is 22.9.